The van der Waals surface area contributed by atoms with Gasteiger partial charge in [-0.15, -0.1) is 6.42 Å². The van der Waals surface area contributed by atoms with Crippen LogP contribution in [0.25, 0.3) is 0 Å². The van der Waals surface area contributed by atoms with E-state index in [1.807, 2.05) is 0 Å². The molecule has 1 aromatic carbocycles. The molecule has 0 atom stereocenters. The third-order valence-electron chi connectivity index (χ3n) is 3.55. The summed E-state index contributed by atoms with van der Waals surface area (Å²) >= 11 is 0. The van der Waals surface area contributed by atoms with E-state index in [2.05, 4.69) is 16.6 Å². The van der Waals surface area contributed by atoms with Crippen molar-refractivity contribution in [1.82, 2.24) is 5.32 Å². The molecule has 0 heterocycles. The summed E-state index contributed by atoms with van der Waals surface area (Å²) in [5.74, 6) is 3.04. The summed E-state index contributed by atoms with van der Waals surface area (Å²) < 4.78 is 5.25. The topological polar surface area (TPSA) is 70.6 Å². The van der Waals surface area contributed by atoms with Crippen LogP contribution >= 0.6 is 0 Å². The predicted octanol–water partition coefficient (Wildman–Crippen LogP) is 2.13. The third kappa shape index (κ3) is 4.69. The van der Waals surface area contributed by atoms with Gasteiger partial charge < -0.3 is 20.5 Å². The van der Waals surface area contributed by atoms with Gasteiger partial charge in [0.2, 0.25) is 0 Å². The molecule has 1 fully saturated rings. The van der Waals surface area contributed by atoms with Crippen molar-refractivity contribution in [1.29, 1.82) is 0 Å². The summed E-state index contributed by atoms with van der Waals surface area (Å²) in [6.07, 6.45) is 8.62. The molecule has 2 amide bonds. The summed E-state index contributed by atoms with van der Waals surface area (Å²) in [6, 6.07) is 6.60. The van der Waals surface area contributed by atoms with Gasteiger partial charge in [-0.1, -0.05) is 18.8 Å². The highest BCUT2D eigenvalue weighted by molar-refractivity contribution is 5.89. The third-order valence-corrected chi connectivity index (χ3v) is 3.55. The van der Waals surface area contributed by atoms with Crippen LogP contribution in [0.1, 0.15) is 25.7 Å². The summed E-state index contributed by atoms with van der Waals surface area (Å²) in [5, 5.41) is 15.6. The first-order valence-electron chi connectivity index (χ1n) is 7.05. The van der Waals surface area contributed by atoms with E-state index >= 15 is 0 Å². The Morgan fingerprint density at radius 2 is 2.00 bits per heavy atom. The minimum absolute atomic E-state index is 0.214. The SMILES string of the molecule is C#CCOc1ccc(NC(=O)NCC2(O)CCCC2)cc1. The van der Waals surface area contributed by atoms with Crippen LogP contribution in [0, 0.1) is 12.3 Å². The molecular weight excluding hydrogens is 268 g/mol. The van der Waals surface area contributed by atoms with Crippen LogP contribution in [-0.4, -0.2) is 29.9 Å². The molecule has 0 aliphatic heterocycles. The molecule has 0 spiro atoms. The summed E-state index contributed by atoms with van der Waals surface area (Å²) in [4.78, 5) is 11.8. The number of benzene rings is 1. The minimum atomic E-state index is -0.746. The van der Waals surface area contributed by atoms with Crippen molar-refractivity contribution in [3.8, 4) is 18.1 Å². The van der Waals surface area contributed by atoms with Crippen molar-refractivity contribution in [2.45, 2.75) is 31.3 Å². The molecule has 2 rings (SSSR count). The molecule has 0 aromatic heterocycles. The second-order valence-corrected chi connectivity index (χ2v) is 5.26. The van der Waals surface area contributed by atoms with E-state index in [1.54, 1.807) is 24.3 Å². The average Bonchev–Trinajstić information content (AvgIpc) is 2.92. The molecular formula is C16H20N2O3. The molecule has 3 N–H and O–H groups in total. The second kappa shape index (κ2) is 7.00. The molecule has 1 aromatic rings. The Hall–Kier alpha value is -2.19. The normalized spacial score (nSPS) is 16.0. The number of hydrogen-bond acceptors (Lipinski definition) is 3. The van der Waals surface area contributed by atoms with Gasteiger partial charge in [-0.25, -0.2) is 4.79 Å². The number of anilines is 1. The number of carbonyl (C=O) groups excluding carboxylic acids is 1. The predicted molar refractivity (Wildman–Crippen MR) is 81.2 cm³/mol. The average molecular weight is 288 g/mol. The smallest absolute Gasteiger partial charge is 0.319 e. The van der Waals surface area contributed by atoms with Crippen LogP contribution in [0.15, 0.2) is 24.3 Å². The molecule has 0 bridgehead atoms. The number of aliphatic hydroxyl groups is 1. The number of carbonyl (C=O) groups is 1. The van der Waals surface area contributed by atoms with E-state index in [1.165, 1.54) is 0 Å². The van der Waals surface area contributed by atoms with Gasteiger partial charge in [0.1, 0.15) is 12.4 Å². The molecule has 112 valence electrons. The van der Waals surface area contributed by atoms with E-state index in [9.17, 15) is 9.90 Å². The van der Waals surface area contributed by atoms with Crippen molar-refractivity contribution in [3.63, 3.8) is 0 Å². The van der Waals surface area contributed by atoms with E-state index < -0.39 is 5.60 Å². The van der Waals surface area contributed by atoms with E-state index in [4.69, 9.17) is 11.2 Å². The van der Waals surface area contributed by atoms with Gasteiger partial charge in [-0.2, -0.15) is 0 Å². The fourth-order valence-electron chi connectivity index (χ4n) is 2.39. The first-order valence-corrected chi connectivity index (χ1v) is 7.05. The molecule has 0 radical (unpaired) electrons. The monoisotopic (exact) mass is 288 g/mol. The van der Waals surface area contributed by atoms with Crippen LogP contribution in [0.3, 0.4) is 0 Å². The molecule has 1 aliphatic carbocycles. The Morgan fingerprint density at radius 3 is 2.62 bits per heavy atom. The van der Waals surface area contributed by atoms with Gasteiger partial charge >= 0.3 is 6.03 Å². The van der Waals surface area contributed by atoms with Crippen molar-refractivity contribution < 1.29 is 14.6 Å². The molecule has 5 heteroatoms. The van der Waals surface area contributed by atoms with E-state index in [-0.39, 0.29) is 19.2 Å². The van der Waals surface area contributed by atoms with Gasteiger partial charge in [0, 0.05) is 12.2 Å². The highest BCUT2D eigenvalue weighted by Crippen LogP contribution is 2.28. The number of hydrogen-bond donors (Lipinski definition) is 3. The minimum Gasteiger partial charge on any atom is -0.481 e. The van der Waals surface area contributed by atoms with Gasteiger partial charge in [-0.3, -0.25) is 0 Å². The number of amides is 2. The number of nitrogens with one attached hydrogen (secondary N) is 2. The maximum absolute atomic E-state index is 11.8. The van der Waals surface area contributed by atoms with Crippen molar-refractivity contribution >= 4 is 11.7 Å². The van der Waals surface area contributed by atoms with Gasteiger partial charge in [0.05, 0.1) is 5.60 Å². The molecule has 0 saturated heterocycles. The first-order chi connectivity index (χ1) is 10.1. The Kier molecular flexibility index (Phi) is 5.07. The van der Waals surface area contributed by atoms with E-state index in [0.717, 1.165) is 25.7 Å². The van der Waals surface area contributed by atoms with Crippen LogP contribution in [0.5, 0.6) is 5.75 Å². The lowest BCUT2D eigenvalue weighted by Crippen LogP contribution is -2.42. The zero-order valence-electron chi connectivity index (χ0n) is 11.9. The van der Waals surface area contributed by atoms with Crippen molar-refractivity contribution in [2.24, 2.45) is 0 Å². The van der Waals surface area contributed by atoms with Crippen LogP contribution in [0.2, 0.25) is 0 Å². The molecule has 1 aliphatic rings. The number of terminal acetylenes is 1. The van der Waals surface area contributed by atoms with Crippen LogP contribution in [0.4, 0.5) is 10.5 Å². The molecule has 5 nitrogen and oxygen atoms in total. The van der Waals surface area contributed by atoms with E-state index in [0.29, 0.717) is 11.4 Å². The second-order valence-electron chi connectivity index (χ2n) is 5.26. The van der Waals surface area contributed by atoms with Crippen LogP contribution in [-0.2, 0) is 0 Å². The highest BCUT2D eigenvalue weighted by Gasteiger charge is 2.31. The number of ether oxygens (including phenoxy) is 1. The Balaban J connectivity index is 1.78. The lowest BCUT2D eigenvalue weighted by Gasteiger charge is -2.22. The van der Waals surface area contributed by atoms with Crippen molar-refractivity contribution in [3.05, 3.63) is 24.3 Å². The summed E-state index contributed by atoms with van der Waals surface area (Å²) in [7, 11) is 0. The van der Waals surface area contributed by atoms with Gasteiger partial charge in [0.25, 0.3) is 0 Å². The lowest BCUT2D eigenvalue weighted by atomic mass is 10.0. The maximum atomic E-state index is 11.8. The number of rotatable bonds is 5. The Morgan fingerprint density at radius 1 is 1.33 bits per heavy atom. The number of urea groups is 1. The van der Waals surface area contributed by atoms with Gasteiger partial charge in [0.15, 0.2) is 0 Å². The van der Waals surface area contributed by atoms with Crippen molar-refractivity contribution in [2.75, 3.05) is 18.5 Å². The fourth-order valence-corrected chi connectivity index (χ4v) is 2.39. The quantitative estimate of drug-likeness (QED) is 0.727. The van der Waals surface area contributed by atoms with Crippen LogP contribution < -0.4 is 15.4 Å². The Labute approximate surface area is 124 Å². The molecule has 1 saturated carbocycles. The molecule has 21 heavy (non-hydrogen) atoms. The lowest BCUT2D eigenvalue weighted by molar-refractivity contribution is 0.0506. The molecule has 0 unspecified atom stereocenters. The fraction of sp³-hybridized carbons (Fsp3) is 0.438. The standard InChI is InChI=1S/C16H20N2O3/c1-2-11-21-14-7-5-13(6-8-14)18-15(19)17-12-16(20)9-3-4-10-16/h1,5-8,20H,3-4,9-12H2,(H2,17,18,19). The first kappa shape index (κ1) is 15.2. The largest absolute Gasteiger partial charge is 0.481 e. The maximum Gasteiger partial charge on any atom is 0.319 e. The summed E-state index contributed by atoms with van der Waals surface area (Å²) in [6.45, 7) is 0.494. The van der Waals surface area contributed by atoms with Gasteiger partial charge in [-0.05, 0) is 37.1 Å². The zero-order chi connectivity index (χ0) is 15.1. The Bertz CT molecular complexity index is 513. The zero-order valence-corrected chi connectivity index (χ0v) is 11.9. The summed E-state index contributed by atoms with van der Waals surface area (Å²) in [5.41, 5.74) is -0.0939. The highest BCUT2D eigenvalue weighted by atomic mass is 16.5.